The molecule has 1 amide bonds. The summed E-state index contributed by atoms with van der Waals surface area (Å²) in [6.07, 6.45) is 1.26. The SMILES string of the molecule is CCN(CC)S(=O)(=O)c1cccc(C(=O)N2CCCC2C(=O)OC)c1. The van der Waals surface area contributed by atoms with Gasteiger partial charge in [-0.2, -0.15) is 4.31 Å². The van der Waals surface area contributed by atoms with Gasteiger partial charge in [-0.05, 0) is 31.0 Å². The van der Waals surface area contributed by atoms with Gasteiger partial charge in [0, 0.05) is 25.2 Å². The number of methoxy groups -OCH3 is 1. The van der Waals surface area contributed by atoms with Crippen molar-refractivity contribution in [1.82, 2.24) is 9.21 Å². The predicted octanol–water partition coefficient (Wildman–Crippen LogP) is 1.49. The molecule has 1 aliphatic heterocycles. The van der Waals surface area contributed by atoms with Gasteiger partial charge in [0.2, 0.25) is 10.0 Å². The summed E-state index contributed by atoms with van der Waals surface area (Å²) in [5.74, 6) is -0.803. The number of hydrogen-bond donors (Lipinski definition) is 0. The Bertz CT molecular complexity index is 743. The number of esters is 1. The van der Waals surface area contributed by atoms with Crippen LogP contribution in [0.1, 0.15) is 37.0 Å². The molecule has 0 saturated carbocycles. The van der Waals surface area contributed by atoms with Crippen LogP contribution in [0, 0.1) is 0 Å². The summed E-state index contributed by atoms with van der Waals surface area (Å²) in [5.41, 5.74) is 0.254. The Morgan fingerprint density at radius 3 is 2.56 bits per heavy atom. The van der Waals surface area contributed by atoms with E-state index in [0.29, 0.717) is 32.5 Å². The lowest BCUT2D eigenvalue weighted by molar-refractivity contribution is -0.145. The van der Waals surface area contributed by atoms with E-state index in [2.05, 4.69) is 0 Å². The van der Waals surface area contributed by atoms with Crippen LogP contribution in [-0.2, 0) is 19.6 Å². The summed E-state index contributed by atoms with van der Waals surface area (Å²) in [7, 11) is -2.35. The van der Waals surface area contributed by atoms with Crippen molar-refractivity contribution < 1.29 is 22.7 Å². The van der Waals surface area contributed by atoms with Crippen molar-refractivity contribution in [3.63, 3.8) is 0 Å². The Labute approximate surface area is 148 Å². The second-order valence-corrected chi connectivity index (χ2v) is 7.73. The second kappa shape index (κ2) is 7.97. The van der Waals surface area contributed by atoms with Gasteiger partial charge in [0.25, 0.3) is 5.91 Å². The fourth-order valence-electron chi connectivity index (χ4n) is 3.06. The Morgan fingerprint density at radius 2 is 1.96 bits per heavy atom. The molecule has 138 valence electrons. The molecule has 0 radical (unpaired) electrons. The Balaban J connectivity index is 2.32. The van der Waals surface area contributed by atoms with Gasteiger partial charge in [0.1, 0.15) is 6.04 Å². The molecule has 1 aliphatic rings. The molecule has 0 N–H and O–H groups in total. The van der Waals surface area contributed by atoms with E-state index < -0.39 is 22.0 Å². The maximum atomic E-state index is 12.8. The number of likely N-dealkylation sites (tertiary alicyclic amines) is 1. The molecule has 0 bridgehead atoms. The first kappa shape index (κ1) is 19.4. The molecular weight excluding hydrogens is 344 g/mol. The van der Waals surface area contributed by atoms with Crippen LogP contribution in [0.15, 0.2) is 29.2 Å². The second-order valence-electron chi connectivity index (χ2n) is 5.80. The molecule has 2 rings (SSSR count). The number of rotatable bonds is 6. The topological polar surface area (TPSA) is 84.0 Å². The van der Waals surface area contributed by atoms with E-state index in [9.17, 15) is 18.0 Å². The quantitative estimate of drug-likeness (QED) is 0.711. The van der Waals surface area contributed by atoms with E-state index in [0.717, 1.165) is 0 Å². The molecule has 1 fully saturated rings. The molecule has 1 atom stereocenters. The minimum Gasteiger partial charge on any atom is -0.467 e. The summed E-state index contributed by atoms with van der Waals surface area (Å²) < 4.78 is 31.4. The lowest BCUT2D eigenvalue weighted by Gasteiger charge is -2.23. The molecule has 7 nitrogen and oxygen atoms in total. The number of nitrogens with zero attached hydrogens (tertiary/aromatic N) is 2. The van der Waals surface area contributed by atoms with Gasteiger partial charge in [-0.25, -0.2) is 13.2 Å². The Kier molecular flexibility index (Phi) is 6.18. The molecule has 1 unspecified atom stereocenters. The average molecular weight is 368 g/mol. The van der Waals surface area contributed by atoms with E-state index in [1.165, 1.54) is 28.4 Å². The van der Waals surface area contributed by atoms with Crippen molar-refractivity contribution in [3.05, 3.63) is 29.8 Å². The van der Waals surface area contributed by atoms with Crippen LogP contribution < -0.4 is 0 Å². The molecule has 1 heterocycles. The Morgan fingerprint density at radius 1 is 1.28 bits per heavy atom. The van der Waals surface area contributed by atoms with Crippen molar-refractivity contribution in [2.24, 2.45) is 0 Å². The van der Waals surface area contributed by atoms with Crippen LogP contribution in [0.4, 0.5) is 0 Å². The highest BCUT2D eigenvalue weighted by atomic mass is 32.2. The van der Waals surface area contributed by atoms with Crippen LogP contribution in [-0.4, -0.2) is 62.3 Å². The number of carbonyl (C=O) groups is 2. The normalized spacial score (nSPS) is 17.8. The van der Waals surface area contributed by atoms with Crippen LogP contribution >= 0.6 is 0 Å². The van der Waals surface area contributed by atoms with Gasteiger partial charge in [-0.3, -0.25) is 4.79 Å². The lowest BCUT2D eigenvalue weighted by Crippen LogP contribution is -2.41. The number of benzene rings is 1. The van der Waals surface area contributed by atoms with Gasteiger partial charge >= 0.3 is 5.97 Å². The van der Waals surface area contributed by atoms with E-state index >= 15 is 0 Å². The third-order valence-electron chi connectivity index (χ3n) is 4.41. The smallest absolute Gasteiger partial charge is 0.328 e. The van der Waals surface area contributed by atoms with Gasteiger partial charge in [-0.15, -0.1) is 0 Å². The molecule has 1 aromatic rings. The molecule has 0 aliphatic carbocycles. The number of hydrogen-bond acceptors (Lipinski definition) is 5. The number of sulfonamides is 1. The van der Waals surface area contributed by atoms with Gasteiger partial charge in [0.15, 0.2) is 0 Å². The molecule has 1 aromatic carbocycles. The molecule has 0 aromatic heterocycles. The molecule has 25 heavy (non-hydrogen) atoms. The predicted molar refractivity (Wildman–Crippen MR) is 92.6 cm³/mol. The van der Waals surface area contributed by atoms with Crippen molar-refractivity contribution >= 4 is 21.9 Å². The van der Waals surface area contributed by atoms with Crippen LogP contribution in [0.5, 0.6) is 0 Å². The zero-order valence-electron chi connectivity index (χ0n) is 14.8. The minimum absolute atomic E-state index is 0.0795. The standard InChI is InChI=1S/C17H24N2O5S/c1-4-18(5-2)25(22,23)14-9-6-8-13(12-14)16(20)19-11-7-10-15(19)17(21)24-3/h6,8-9,12,15H,4-5,7,10-11H2,1-3H3. The zero-order chi connectivity index (χ0) is 18.6. The lowest BCUT2D eigenvalue weighted by atomic mass is 10.1. The first-order chi connectivity index (χ1) is 11.9. The summed E-state index contributed by atoms with van der Waals surface area (Å²) in [4.78, 5) is 26.1. The number of amides is 1. The van der Waals surface area contributed by atoms with E-state index in [1.54, 1.807) is 26.0 Å². The zero-order valence-corrected chi connectivity index (χ0v) is 15.6. The molecular formula is C17H24N2O5S. The van der Waals surface area contributed by atoms with E-state index in [1.807, 2.05) is 0 Å². The van der Waals surface area contributed by atoms with Gasteiger partial charge in [-0.1, -0.05) is 19.9 Å². The maximum Gasteiger partial charge on any atom is 0.328 e. The first-order valence-corrected chi connectivity index (χ1v) is 9.79. The van der Waals surface area contributed by atoms with Crippen molar-refractivity contribution in [1.29, 1.82) is 0 Å². The van der Waals surface area contributed by atoms with Crippen LogP contribution in [0.2, 0.25) is 0 Å². The van der Waals surface area contributed by atoms with Gasteiger partial charge in [0.05, 0.1) is 12.0 Å². The van der Waals surface area contributed by atoms with Crippen molar-refractivity contribution in [2.45, 2.75) is 37.6 Å². The van der Waals surface area contributed by atoms with Crippen molar-refractivity contribution in [3.8, 4) is 0 Å². The maximum absolute atomic E-state index is 12.8. The summed E-state index contributed by atoms with van der Waals surface area (Å²) in [6, 6.07) is 5.36. The van der Waals surface area contributed by atoms with E-state index in [4.69, 9.17) is 4.74 Å². The average Bonchev–Trinajstić information content (AvgIpc) is 3.11. The molecule has 0 spiro atoms. The minimum atomic E-state index is -3.64. The highest BCUT2D eigenvalue weighted by Crippen LogP contribution is 2.23. The molecule has 8 heteroatoms. The monoisotopic (exact) mass is 368 g/mol. The summed E-state index contributed by atoms with van der Waals surface area (Å²) in [5, 5.41) is 0. The number of carbonyl (C=O) groups excluding carboxylic acids is 2. The summed E-state index contributed by atoms with van der Waals surface area (Å²) in [6.45, 7) is 4.69. The fraction of sp³-hybridized carbons (Fsp3) is 0.529. The van der Waals surface area contributed by atoms with Crippen molar-refractivity contribution in [2.75, 3.05) is 26.7 Å². The van der Waals surface area contributed by atoms with E-state index in [-0.39, 0.29) is 16.4 Å². The largest absolute Gasteiger partial charge is 0.467 e. The van der Waals surface area contributed by atoms with Gasteiger partial charge < -0.3 is 9.64 Å². The highest BCUT2D eigenvalue weighted by molar-refractivity contribution is 7.89. The van der Waals surface area contributed by atoms with Crippen LogP contribution in [0.25, 0.3) is 0 Å². The third kappa shape index (κ3) is 3.85. The summed E-state index contributed by atoms with van der Waals surface area (Å²) >= 11 is 0. The first-order valence-electron chi connectivity index (χ1n) is 8.35. The van der Waals surface area contributed by atoms with Crippen LogP contribution in [0.3, 0.4) is 0 Å². The number of ether oxygens (including phenoxy) is 1. The highest BCUT2D eigenvalue weighted by Gasteiger charge is 2.35. The molecule has 1 saturated heterocycles. The fourth-order valence-corrected chi connectivity index (χ4v) is 4.56. The third-order valence-corrected chi connectivity index (χ3v) is 6.46. The Hall–Kier alpha value is -1.93.